The molecule has 0 aromatic heterocycles. The van der Waals surface area contributed by atoms with Crippen molar-refractivity contribution in [3.63, 3.8) is 0 Å². The summed E-state index contributed by atoms with van der Waals surface area (Å²) >= 11 is 5.16. The quantitative estimate of drug-likeness (QED) is 0.578. The highest BCUT2D eigenvalue weighted by molar-refractivity contribution is 6.26. The molecule has 2 nitrogen and oxygen atoms in total. The van der Waals surface area contributed by atoms with Gasteiger partial charge in [-0.3, -0.25) is 4.79 Å². The molecule has 0 atom stereocenters. The average molecular weight is 146 g/mol. The lowest BCUT2D eigenvalue weighted by Crippen LogP contribution is -2.22. The van der Waals surface area contributed by atoms with Gasteiger partial charge in [-0.15, -0.1) is 0 Å². The molecule has 1 aliphatic rings. The zero-order valence-corrected chi connectivity index (χ0v) is 5.69. The Morgan fingerprint density at radius 1 is 1.67 bits per heavy atom. The van der Waals surface area contributed by atoms with Crippen LogP contribution in [0.3, 0.4) is 0 Å². The standard InChI is InChI=1S/C6H8ClNO/c7-4-3-6(9)8-5-1-2-5/h3-5H,1-2H2,(H,8,9). The van der Waals surface area contributed by atoms with Crippen LogP contribution in [0.5, 0.6) is 0 Å². The maximum atomic E-state index is 10.6. The van der Waals surface area contributed by atoms with E-state index >= 15 is 0 Å². The lowest BCUT2D eigenvalue weighted by Gasteiger charge is -1.93. The van der Waals surface area contributed by atoms with Crippen molar-refractivity contribution < 1.29 is 4.79 Å². The first-order valence-corrected chi connectivity index (χ1v) is 3.34. The molecule has 50 valence electrons. The van der Waals surface area contributed by atoms with Crippen molar-refractivity contribution >= 4 is 17.5 Å². The lowest BCUT2D eigenvalue weighted by molar-refractivity contribution is -0.116. The summed E-state index contributed by atoms with van der Waals surface area (Å²) in [5.41, 5.74) is 1.22. The Kier molecular flexibility index (Phi) is 2.11. The molecule has 0 aromatic carbocycles. The number of carbonyl (C=O) groups excluding carboxylic acids is 1. The second kappa shape index (κ2) is 2.87. The summed E-state index contributed by atoms with van der Waals surface area (Å²) in [6.07, 6.45) is 3.55. The van der Waals surface area contributed by atoms with Crippen LogP contribution in [0.4, 0.5) is 0 Å². The molecule has 9 heavy (non-hydrogen) atoms. The number of hydrogen-bond acceptors (Lipinski definition) is 1. The van der Waals surface area contributed by atoms with E-state index in [9.17, 15) is 4.79 Å². The van der Waals surface area contributed by atoms with E-state index in [1.54, 1.807) is 0 Å². The molecular formula is C6H8ClNO. The molecule has 1 aliphatic carbocycles. The van der Waals surface area contributed by atoms with Gasteiger partial charge in [0, 0.05) is 17.7 Å². The molecular weight excluding hydrogens is 138 g/mol. The Bertz CT molecular complexity index is 140. The normalized spacial score (nSPS) is 18.3. The van der Waals surface area contributed by atoms with Gasteiger partial charge < -0.3 is 5.32 Å². The van der Waals surface area contributed by atoms with Gasteiger partial charge in [-0.2, -0.15) is 0 Å². The van der Waals surface area contributed by atoms with Crippen LogP contribution in [0.15, 0.2) is 11.6 Å². The third-order valence-electron chi connectivity index (χ3n) is 1.14. The summed E-state index contributed by atoms with van der Waals surface area (Å²) in [6.45, 7) is 0. The topological polar surface area (TPSA) is 29.1 Å². The summed E-state index contributed by atoms with van der Waals surface area (Å²) in [5, 5.41) is 2.74. The minimum Gasteiger partial charge on any atom is -0.350 e. The molecule has 1 N–H and O–H groups in total. The Morgan fingerprint density at radius 2 is 2.33 bits per heavy atom. The Labute approximate surface area is 58.9 Å². The van der Waals surface area contributed by atoms with Crippen LogP contribution in [0, 0.1) is 0 Å². The van der Waals surface area contributed by atoms with E-state index in [0.29, 0.717) is 6.04 Å². The fourth-order valence-electron chi connectivity index (χ4n) is 0.534. The van der Waals surface area contributed by atoms with E-state index in [0.717, 1.165) is 12.8 Å². The number of amides is 1. The van der Waals surface area contributed by atoms with Crippen molar-refractivity contribution in [2.24, 2.45) is 0 Å². The van der Waals surface area contributed by atoms with Gasteiger partial charge in [-0.25, -0.2) is 0 Å². The third-order valence-corrected chi connectivity index (χ3v) is 1.26. The van der Waals surface area contributed by atoms with Crippen molar-refractivity contribution in [3.05, 3.63) is 11.6 Å². The highest BCUT2D eigenvalue weighted by Crippen LogP contribution is 2.18. The number of hydrogen-bond donors (Lipinski definition) is 1. The summed E-state index contributed by atoms with van der Waals surface area (Å²) in [4.78, 5) is 10.6. The molecule has 0 aromatic rings. The number of nitrogens with one attached hydrogen (secondary N) is 1. The molecule has 0 saturated heterocycles. The smallest absolute Gasteiger partial charge is 0.245 e. The molecule has 1 fully saturated rings. The van der Waals surface area contributed by atoms with Gasteiger partial charge in [-0.1, -0.05) is 11.6 Å². The maximum absolute atomic E-state index is 10.6. The SMILES string of the molecule is O=C(C=CCl)NC1CC1. The van der Waals surface area contributed by atoms with Crippen molar-refractivity contribution in [3.8, 4) is 0 Å². The Morgan fingerprint density at radius 3 is 2.78 bits per heavy atom. The molecule has 0 heterocycles. The lowest BCUT2D eigenvalue weighted by atomic mass is 10.5. The van der Waals surface area contributed by atoms with Crippen LogP contribution in [0.25, 0.3) is 0 Å². The molecule has 0 radical (unpaired) electrons. The first-order valence-electron chi connectivity index (χ1n) is 2.90. The third kappa shape index (κ3) is 2.51. The molecule has 1 amide bonds. The van der Waals surface area contributed by atoms with Crippen LogP contribution in [-0.4, -0.2) is 11.9 Å². The van der Waals surface area contributed by atoms with Crippen molar-refractivity contribution in [2.75, 3.05) is 0 Å². The van der Waals surface area contributed by atoms with Crippen LogP contribution >= 0.6 is 11.6 Å². The summed E-state index contributed by atoms with van der Waals surface area (Å²) in [6, 6.07) is 0.422. The highest BCUT2D eigenvalue weighted by atomic mass is 35.5. The van der Waals surface area contributed by atoms with Gasteiger partial charge >= 0.3 is 0 Å². The summed E-state index contributed by atoms with van der Waals surface area (Å²) < 4.78 is 0. The zero-order valence-electron chi connectivity index (χ0n) is 4.93. The molecule has 0 unspecified atom stereocenters. The van der Waals surface area contributed by atoms with Crippen molar-refractivity contribution in [1.82, 2.24) is 5.32 Å². The molecule has 0 spiro atoms. The number of rotatable bonds is 2. The van der Waals surface area contributed by atoms with Crippen LogP contribution in [-0.2, 0) is 4.79 Å². The van der Waals surface area contributed by atoms with Gasteiger partial charge in [0.2, 0.25) is 5.91 Å². The molecule has 1 rings (SSSR count). The Balaban J connectivity index is 2.17. The second-order valence-electron chi connectivity index (χ2n) is 2.08. The maximum Gasteiger partial charge on any atom is 0.245 e. The van der Waals surface area contributed by atoms with Crippen LogP contribution in [0.1, 0.15) is 12.8 Å². The Hall–Kier alpha value is -0.500. The average Bonchev–Trinajstić information content (AvgIpc) is 2.50. The van der Waals surface area contributed by atoms with Crippen LogP contribution in [0.2, 0.25) is 0 Å². The molecule has 0 aliphatic heterocycles. The fraction of sp³-hybridized carbons (Fsp3) is 0.500. The largest absolute Gasteiger partial charge is 0.350 e. The van der Waals surface area contributed by atoms with E-state index in [-0.39, 0.29) is 5.91 Å². The van der Waals surface area contributed by atoms with Gasteiger partial charge in [0.25, 0.3) is 0 Å². The predicted octanol–water partition coefficient (Wildman–Crippen LogP) is 1.02. The number of halogens is 1. The van der Waals surface area contributed by atoms with E-state index in [1.807, 2.05) is 0 Å². The van der Waals surface area contributed by atoms with E-state index < -0.39 is 0 Å². The monoisotopic (exact) mass is 145 g/mol. The van der Waals surface area contributed by atoms with E-state index in [4.69, 9.17) is 11.6 Å². The molecule has 1 saturated carbocycles. The number of carbonyl (C=O) groups is 1. The summed E-state index contributed by atoms with van der Waals surface area (Å²) in [7, 11) is 0. The first kappa shape index (κ1) is 6.62. The van der Waals surface area contributed by atoms with Gasteiger partial charge in [0.05, 0.1) is 0 Å². The second-order valence-corrected chi connectivity index (χ2v) is 2.33. The van der Waals surface area contributed by atoms with E-state index in [1.165, 1.54) is 11.6 Å². The minimum absolute atomic E-state index is 0.0903. The molecule has 3 heteroatoms. The minimum atomic E-state index is -0.0903. The van der Waals surface area contributed by atoms with Gasteiger partial charge in [0.1, 0.15) is 0 Å². The summed E-state index contributed by atoms with van der Waals surface area (Å²) in [5.74, 6) is -0.0903. The highest BCUT2D eigenvalue weighted by Gasteiger charge is 2.21. The molecule has 0 bridgehead atoms. The first-order chi connectivity index (χ1) is 4.33. The van der Waals surface area contributed by atoms with Crippen LogP contribution < -0.4 is 5.32 Å². The zero-order chi connectivity index (χ0) is 6.69. The van der Waals surface area contributed by atoms with Crippen molar-refractivity contribution in [1.29, 1.82) is 0 Å². The van der Waals surface area contributed by atoms with E-state index in [2.05, 4.69) is 5.32 Å². The predicted molar refractivity (Wildman–Crippen MR) is 36.2 cm³/mol. The van der Waals surface area contributed by atoms with Gasteiger partial charge in [0.15, 0.2) is 0 Å². The van der Waals surface area contributed by atoms with Crippen molar-refractivity contribution in [2.45, 2.75) is 18.9 Å². The fourth-order valence-corrected chi connectivity index (χ4v) is 0.649. The van der Waals surface area contributed by atoms with Gasteiger partial charge in [-0.05, 0) is 12.8 Å².